The number of carbonyl (C=O) groups excluding carboxylic acids is 1. The Balaban J connectivity index is 1.79. The van der Waals surface area contributed by atoms with E-state index in [0.29, 0.717) is 18.0 Å². The van der Waals surface area contributed by atoms with E-state index in [1.54, 1.807) is 6.07 Å². The summed E-state index contributed by atoms with van der Waals surface area (Å²) < 4.78 is 26.3. The minimum absolute atomic E-state index is 0.0753. The van der Waals surface area contributed by atoms with E-state index >= 15 is 0 Å². The normalized spacial score (nSPS) is 18.9. The Morgan fingerprint density at radius 3 is 2.83 bits per heavy atom. The third-order valence-corrected chi connectivity index (χ3v) is 4.75. The third-order valence-electron chi connectivity index (χ3n) is 4.75. The molecule has 1 heterocycles. The average Bonchev–Trinajstić information content (AvgIpc) is 3.03. The van der Waals surface area contributed by atoms with E-state index in [4.69, 9.17) is 0 Å². The molecule has 1 aliphatic rings. The Labute approximate surface area is 142 Å². The molecule has 134 valence electrons. The van der Waals surface area contributed by atoms with Crippen molar-refractivity contribution in [3.63, 3.8) is 0 Å². The number of rotatable bonds is 6. The first-order valence-electron chi connectivity index (χ1n) is 8.57. The monoisotopic (exact) mass is 339 g/mol. The highest BCUT2D eigenvalue weighted by molar-refractivity contribution is 5.74. The number of halogens is 2. The molecule has 0 unspecified atom stereocenters. The molecular formula is C18H27F2N3O. The maximum absolute atomic E-state index is 13.3. The predicted molar refractivity (Wildman–Crippen MR) is 91.0 cm³/mol. The lowest BCUT2D eigenvalue weighted by Crippen LogP contribution is -2.40. The molecule has 2 rings (SSSR count). The van der Waals surface area contributed by atoms with Gasteiger partial charge < -0.3 is 15.1 Å². The van der Waals surface area contributed by atoms with Crippen LogP contribution in [0.15, 0.2) is 18.2 Å². The van der Waals surface area contributed by atoms with Crippen molar-refractivity contribution < 1.29 is 13.6 Å². The number of carbonyl (C=O) groups is 1. The van der Waals surface area contributed by atoms with Crippen LogP contribution in [0, 0.1) is 17.6 Å². The molecule has 1 saturated heterocycles. The minimum Gasteiger partial charge on any atom is -0.337 e. The second-order valence-electron chi connectivity index (χ2n) is 6.72. The van der Waals surface area contributed by atoms with Gasteiger partial charge in [0.25, 0.3) is 0 Å². The molecule has 0 saturated carbocycles. The number of hydrogen-bond acceptors (Lipinski definition) is 2. The zero-order valence-corrected chi connectivity index (χ0v) is 14.7. The van der Waals surface area contributed by atoms with Crippen molar-refractivity contribution in [2.24, 2.45) is 5.92 Å². The topological polar surface area (TPSA) is 35.6 Å². The number of amides is 2. The highest BCUT2D eigenvalue weighted by Gasteiger charge is 2.26. The van der Waals surface area contributed by atoms with Crippen molar-refractivity contribution in [3.05, 3.63) is 35.4 Å². The van der Waals surface area contributed by atoms with Gasteiger partial charge in [-0.15, -0.1) is 0 Å². The van der Waals surface area contributed by atoms with E-state index in [-0.39, 0.29) is 11.9 Å². The Morgan fingerprint density at radius 2 is 2.17 bits per heavy atom. The number of hydrogen-bond donors (Lipinski definition) is 1. The fraction of sp³-hybridized carbons (Fsp3) is 0.611. The first-order chi connectivity index (χ1) is 11.4. The van der Waals surface area contributed by atoms with Gasteiger partial charge in [-0.3, -0.25) is 0 Å². The Bertz CT molecular complexity index is 567. The van der Waals surface area contributed by atoms with E-state index in [0.717, 1.165) is 38.7 Å². The average molecular weight is 339 g/mol. The quantitative estimate of drug-likeness (QED) is 0.865. The van der Waals surface area contributed by atoms with Crippen LogP contribution in [0.4, 0.5) is 13.6 Å². The molecule has 0 aromatic heterocycles. The summed E-state index contributed by atoms with van der Waals surface area (Å²) in [5, 5.41) is 2.90. The van der Waals surface area contributed by atoms with Crippen LogP contribution in [0.25, 0.3) is 0 Å². The summed E-state index contributed by atoms with van der Waals surface area (Å²) in [6.07, 6.45) is 1.02. The second-order valence-corrected chi connectivity index (χ2v) is 6.72. The van der Waals surface area contributed by atoms with Gasteiger partial charge in [-0.25, -0.2) is 13.6 Å². The summed E-state index contributed by atoms with van der Waals surface area (Å²) in [5.74, 6) is -1.26. The molecule has 4 nitrogen and oxygen atoms in total. The van der Waals surface area contributed by atoms with Crippen LogP contribution in [0.5, 0.6) is 0 Å². The zero-order valence-electron chi connectivity index (χ0n) is 14.7. The fourth-order valence-electron chi connectivity index (χ4n) is 3.02. The summed E-state index contributed by atoms with van der Waals surface area (Å²) >= 11 is 0. The molecule has 0 bridgehead atoms. The van der Waals surface area contributed by atoms with Crippen LogP contribution in [0.3, 0.4) is 0 Å². The van der Waals surface area contributed by atoms with E-state index in [1.807, 2.05) is 11.8 Å². The van der Waals surface area contributed by atoms with Crippen LogP contribution in [0.1, 0.15) is 31.7 Å². The molecule has 1 aliphatic heterocycles. The smallest absolute Gasteiger partial charge is 0.317 e. The van der Waals surface area contributed by atoms with Gasteiger partial charge in [0.05, 0.1) is 0 Å². The largest absolute Gasteiger partial charge is 0.337 e. The third kappa shape index (κ3) is 4.90. The molecule has 0 aliphatic carbocycles. The Hall–Kier alpha value is -1.69. The van der Waals surface area contributed by atoms with Crippen LogP contribution in [-0.2, 0) is 0 Å². The van der Waals surface area contributed by atoms with Gasteiger partial charge in [0.1, 0.15) is 0 Å². The Kier molecular flexibility index (Phi) is 6.54. The summed E-state index contributed by atoms with van der Waals surface area (Å²) in [7, 11) is 2.09. The molecule has 2 atom stereocenters. The van der Waals surface area contributed by atoms with Gasteiger partial charge in [0.2, 0.25) is 0 Å². The first kappa shape index (κ1) is 18.6. The molecule has 1 aromatic rings. The summed E-state index contributed by atoms with van der Waals surface area (Å²) in [6, 6.07) is 3.80. The van der Waals surface area contributed by atoms with E-state index in [9.17, 15) is 13.6 Å². The molecule has 1 fully saturated rings. The SMILES string of the molecule is CCN(C)C[C@H]1CCN(C(=O)NC[C@H](C)c2ccc(F)c(F)c2)C1. The molecule has 2 amide bonds. The molecule has 6 heteroatoms. The lowest BCUT2D eigenvalue weighted by Gasteiger charge is -2.21. The summed E-state index contributed by atoms with van der Waals surface area (Å²) in [6.45, 7) is 7.97. The molecule has 0 radical (unpaired) electrons. The van der Waals surface area contributed by atoms with Crippen LogP contribution < -0.4 is 5.32 Å². The number of nitrogens with zero attached hydrogens (tertiary/aromatic N) is 2. The second kappa shape index (κ2) is 8.42. The van der Waals surface area contributed by atoms with Crippen molar-refractivity contribution in [1.29, 1.82) is 0 Å². The van der Waals surface area contributed by atoms with E-state index < -0.39 is 11.6 Å². The number of benzene rings is 1. The summed E-state index contributed by atoms with van der Waals surface area (Å²) in [5.41, 5.74) is 0.679. The van der Waals surface area contributed by atoms with Crippen molar-refractivity contribution in [2.75, 3.05) is 39.8 Å². The molecule has 24 heavy (non-hydrogen) atoms. The summed E-state index contributed by atoms with van der Waals surface area (Å²) in [4.78, 5) is 16.4. The molecule has 1 aromatic carbocycles. The number of urea groups is 1. The maximum Gasteiger partial charge on any atom is 0.317 e. The van der Waals surface area contributed by atoms with Crippen LogP contribution in [0.2, 0.25) is 0 Å². The highest BCUT2D eigenvalue weighted by Crippen LogP contribution is 2.19. The van der Waals surface area contributed by atoms with Gasteiger partial charge in [-0.2, -0.15) is 0 Å². The number of nitrogens with one attached hydrogen (secondary N) is 1. The minimum atomic E-state index is -0.854. The first-order valence-corrected chi connectivity index (χ1v) is 8.57. The lowest BCUT2D eigenvalue weighted by atomic mass is 10.0. The predicted octanol–water partition coefficient (Wildman–Crippen LogP) is 3.05. The van der Waals surface area contributed by atoms with E-state index in [1.165, 1.54) is 6.07 Å². The van der Waals surface area contributed by atoms with Crippen molar-refractivity contribution >= 4 is 6.03 Å². The van der Waals surface area contributed by atoms with Gasteiger partial charge in [0, 0.05) is 26.2 Å². The highest BCUT2D eigenvalue weighted by atomic mass is 19.2. The van der Waals surface area contributed by atoms with Crippen molar-refractivity contribution in [1.82, 2.24) is 15.1 Å². The molecule has 1 N–H and O–H groups in total. The van der Waals surface area contributed by atoms with E-state index in [2.05, 4.69) is 24.2 Å². The van der Waals surface area contributed by atoms with Gasteiger partial charge in [0.15, 0.2) is 11.6 Å². The van der Waals surface area contributed by atoms with Gasteiger partial charge in [-0.05, 0) is 49.5 Å². The maximum atomic E-state index is 13.3. The van der Waals surface area contributed by atoms with Gasteiger partial charge >= 0.3 is 6.03 Å². The van der Waals surface area contributed by atoms with Crippen molar-refractivity contribution in [2.45, 2.75) is 26.2 Å². The Morgan fingerprint density at radius 1 is 1.42 bits per heavy atom. The standard InChI is InChI=1S/C18H27F2N3O/c1-4-22(3)11-14-7-8-23(12-14)18(24)21-10-13(2)15-5-6-16(19)17(20)9-15/h5-6,9,13-14H,4,7-8,10-12H2,1-3H3,(H,21,24)/t13-,14+/m0/s1. The number of likely N-dealkylation sites (tertiary alicyclic amines) is 1. The van der Waals surface area contributed by atoms with Gasteiger partial charge in [-0.1, -0.05) is 19.9 Å². The van der Waals surface area contributed by atoms with Crippen LogP contribution in [-0.4, -0.2) is 55.6 Å². The fourth-order valence-corrected chi connectivity index (χ4v) is 3.02. The lowest BCUT2D eigenvalue weighted by molar-refractivity contribution is 0.204. The van der Waals surface area contributed by atoms with Crippen LogP contribution >= 0.6 is 0 Å². The zero-order chi connectivity index (χ0) is 17.7. The molecular weight excluding hydrogens is 312 g/mol. The molecule has 0 spiro atoms. The van der Waals surface area contributed by atoms with Crippen molar-refractivity contribution in [3.8, 4) is 0 Å².